The highest BCUT2D eigenvalue weighted by atomic mass is 35.5. The van der Waals surface area contributed by atoms with E-state index in [4.69, 9.17) is 11.6 Å². The zero-order valence-corrected chi connectivity index (χ0v) is 18.1. The second-order valence-corrected chi connectivity index (χ2v) is 10.1. The average Bonchev–Trinajstić information content (AvgIpc) is 2.99. The third kappa shape index (κ3) is 5.72. The molecular formula is C20H22ClFN2O3S2. The zero-order valence-electron chi connectivity index (χ0n) is 15.7. The van der Waals surface area contributed by atoms with Crippen LogP contribution >= 0.6 is 23.4 Å². The molecule has 1 amide bonds. The minimum Gasteiger partial charge on any atom is -0.324 e. The van der Waals surface area contributed by atoms with Gasteiger partial charge in [0.25, 0.3) is 0 Å². The molecule has 0 unspecified atom stereocenters. The molecule has 1 N–H and O–H groups in total. The average molecular weight is 457 g/mol. The van der Waals surface area contributed by atoms with E-state index in [1.54, 1.807) is 18.2 Å². The highest BCUT2D eigenvalue weighted by molar-refractivity contribution is 8.00. The van der Waals surface area contributed by atoms with Gasteiger partial charge in [0.2, 0.25) is 15.9 Å². The Kier molecular flexibility index (Phi) is 7.56. The standard InChI is InChI=1S/C20H22ClFN2O3S2/c21-16-10-9-15(29(26,27)24-11-5-1-2-6-12-24)13-18(16)23-20(25)14-28-19-8-4-3-7-17(19)22/h3-4,7-10,13H,1-2,5-6,11-12,14H2,(H,23,25). The first-order valence-electron chi connectivity index (χ1n) is 9.35. The van der Waals surface area contributed by atoms with Gasteiger partial charge in [-0.15, -0.1) is 11.8 Å². The molecule has 5 nitrogen and oxygen atoms in total. The van der Waals surface area contributed by atoms with Crippen molar-refractivity contribution in [2.45, 2.75) is 35.5 Å². The SMILES string of the molecule is O=C(CSc1ccccc1F)Nc1cc(S(=O)(=O)N2CCCCCC2)ccc1Cl. The summed E-state index contributed by atoms with van der Waals surface area (Å²) in [5.74, 6) is -0.821. The summed E-state index contributed by atoms with van der Waals surface area (Å²) in [7, 11) is -3.65. The lowest BCUT2D eigenvalue weighted by molar-refractivity contribution is -0.113. The van der Waals surface area contributed by atoms with Crippen LogP contribution in [0.15, 0.2) is 52.3 Å². The molecule has 0 atom stereocenters. The number of carbonyl (C=O) groups excluding carboxylic acids is 1. The number of nitrogens with zero attached hydrogens (tertiary/aromatic N) is 1. The summed E-state index contributed by atoms with van der Waals surface area (Å²) in [5.41, 5.74) is 0.224. The Hall–Kier alpha value is -1.61. The number of hydrogen-bond acceptors (Lipinski definition) is 4. The molecule has 1 aliphatic heterocycles. The van der Waals surface area contributed by atoms with Crippen LogP contribution in [0.4, 0.5) is 10.1 Å². The van der Waals surface area contributed by atoms with Gasteiger partial charge in [-0.1, -0.05) is 36.6 Å². The van der Waals surface area contributed by atoms with Gasteiger partial charge in [-0.25, -0.2) is 12.8 Å². The summed E-state index contributed by atoms with van der Waals surface area (Å²) >= 11 is 7.21. The molecule has 0 bridgehead atoms. The Bertz CT molecular complexity index is 977. The fourth-order valence-corrected chi connectivity index (χ4v) is 5.53. The van der Waals surface area contributed by atoms with Gasteiger partial charge in [0.05, 0.1) is 21.4 Å². The fraction of sp³-hybridized carbons (Fsp3) is 0.350. The highest BCUT2D eigenvalue weighted by Crippen LogP contribution is 2.29. The van der Waals surface area contributed by atoms with Crippen LogP contribution in [0, 0.1) is 5.82 Å². The van der Waals surface area contributed by atoms with Crippen LogP contribution in [0.5, 0.6) is 0 Å². The van der Waals surface area contributed by atoms with Crippen LogP contribution in [-0.4, -0.2) is 37.5 Å². The normalized spacial score (nSPS) is 15.7. The van der Waals surface area contributed by atoms with Gasteiger partial charge < -0.3 is 5.32 Å². The second kappa shape index (κ2) is 9.93. The summed E-state index contributed by atoms with van der Waals surface area (Å²) in [6, 6.07) is 10.5. The van der Waals surface area contributed by atoms with Gasteiger partial charge in [0, 0.05) is 18.0 Å². The summed E-state index contributed by atoms with van der Waals surface area (Å²) in [6.07, 6.45) is 3.72. The van der Waals surface area contributed by atoms with Crippen LogP contribution < -0.4 is 5.32 Å². The smallest absolute Gasteiger partial charge is 0.243 e. The van der Waals surface area contributed by atoms with E-state index in [0.717, 1.165) is 37.4 Å². The molecule has 1 fully saturated rings. The quantitative estimate of drug-likeness (QED) is 0.635. The van der Waals surface area contributed by atoms with Gasteiger partial charge >= 0.3 is 0 Å². The molecule has 3 rings (SSSR count). The number of rotatable bonds is 6. The maximum atomic E-state index is 13.7. The molecule has 1 saturated heterocycles. The number of carbonyl (C=O) groups is 1. The van der Waals surface area contributed by atoms with Crippen LogP contribution in [0.2, 0.25) is 5.02 Å². The zero-order chi connectivity index (χ0) is 20.9. The summed E-state index contributed by atoms with van der Waals surface area (Å²) in [6.45, 7) is 0.984. The number of thioether (sulfide) groups is 1. The van der Waals surface area contributed by atoms with E-state index < -0.39 is 21.7 Å². The van der Waals surface area contributed by atoms with Gasteiger partial charge in [0.1, 0.15) is 5.82 Å². The molecule has 0 saturated carbocycles. The van der Waals surface area contributed by atoms with E-state index in [0.29, 0.717) is 18.0 Å². The van der Waals surface area contributed by atoms with Gasteiger partial charge in [-0.2, -0.15) is 4.31 Å². The van der Waals surface area contributed by atoms with Crippen molar-refractivity contribution in [2.24, 2.45) is 0 Å². The first-order valence-corrected chi connectivity index (χ1v) is 12.1. The molecule has 9 heteroatoms. The lowest BCUT2D eigenvalue weighted by atomic mass is 10.2. The predicted molar refractivity (Wildman–Crippen MR) is 114 cm³/mol. The number of halogens is 2. The Balaban J connectivity index is 1.71. The number of sulfonamides is 1. The Labute approximate surface area is 179 Å². The number of hydrogen-bond donors (Lipinski definition) is 1. The van der Waals surface area contributed by atoms with E-state index >= 15 is 0 Å². The van der Waals surface area contributed by atoms with Crippen molar-refractivity contribution >= 4 is 45.0 Å². The van der Waals surface area contributed by atoms with Gasteiger partial charge in [-0.3, -0.25) is 4.79 Å². The molecular weight excluding hydrogens is 435 g/mol. The van der Waals surface area contributed by atoms with E-state index in [-0.39, 0.29) is 21.4 Å². The van der Waals surface area contributed by atoms with Crippen molar-refractivity contribution in [3.63, 3.8) is 0 Å². The van der Waals surface area contributed by atoms with Crippen molar-refractivity contribution in [1.82, 2.24) is 4.31 Å². The highest BCUT2D eigenvalue weighted by Gasteiger charge is 2.26. The van der Waals surface area contributed by atoms with E-state index in [2.05, 4.69) is 5.32 Å². The lowest BCUT2D eigenvalue weighted by Gasteiger charge is -2.20. The molecule has 1 aliphatic rings. The van der Waals surface area contributed by atoms with Crippen LogP contribution in [0.25, 0.3) is 0 Å². The van der Waals surface area contributed by atoms with Crippen molar-refractivity contribution in [2.75, 3.05) is 24.2 Å². The molecule has 1 heterocycles. The summed E-state index contributed by atoms with van der Waals surface area (Å²) in [5, 5.41) is 2.87. The van der Waals surface area contributed by atoms with E-state index in [1.807, 2.05) is 0 Å². The molecule has 2 aromatic carbocycles. The number of benzene rings is 2. The molecule has 156 valence electrons. The molecule has 0 aliphatic carbocycles. The first kappa shape index (κ1) is 22.1. The van der Waals surface area contributed by atoms with E-state index in [1.165, 1.54) is 28.6 Å². The largest absolute Gasteiger partial charge is 0.324 e. The molecule has 2 aromatic rings. The van der Waals surface area contributed by atoms with Crippen molar-refractivity contribution in [3.05, 3.63) is 53.3 Å². The monoisotopic (exact) mass is 456 g/mol. The van der Waals surface area contributed by atoms with Gasteiger partial charge in [0.15, 0.2) is 0 Å². The molecule has 0 aromatic heterocycles. The summed E-state index contributed by atoms with van der Waals surface area (Å²) in [4.78, 5) is 12.7. The van der Waals surface area contributed by atoms with Crippen LogP contribution in [0.3, 0.4) is 0 Å². The maximum Gasteiger partial charge on any atom is 0.243 e. The third-order valence-corrected chi connectivity index (χ3v) is 7.88. The van der Waals surface area contributed by atoms with Crippen LogP contribution in [0.1, 0.15) is 25.7 Å². The minimum atomic E-state index is -3.65. The molecule has 0 spiro atoms. The maximum absolute atomic E-state index is 13.7. The summed E-state index contributed by atoms with van der Waals surface area (Å²) < 4.78 is 41.1. The Morgan fingerprint density at radius 3 is 2.48 bits per heavy atom. The lowest BCUT2D eigenvalue weighted by Crippen LogP contribution is -2.32. The van der Waals surface area contributed by atoms with Crippen molar-refractivity contribution in [3.8, 4) is 0 Å². The minimum absolute atomic E-state index is 0.0274. The fourth-order valence-electron chi connectivity index (χ4n) is 3.08. The Morgan fingerprint density at radius 2 is 1.79 bits per heavy atom. The number of anilines is 1. The molecule has 0 radical (unpaired) electrons. The Morgan fingerprint density at radius 1 is 1.10 bits per heavy atom. The van der Waals surface area contributed by atoms with Gasteiger partial charge in [-0.05, 0) is 43.2 Å². The topological polar surface area (TPSA) is 66.5 Å². The predicted octanol–water partition coefficient (Wildman–Crippen LogP) is 4.77. The number of nitrogens with one attached hydrogen (secondary N) is 1. The van der Waals surface area contributed by atoms with Crippen LogP contribution in [-0.2, 0) is 14.8 Å². The third-order valence-electron chi connectivity index (χ3n) is 4.61. The first-order chi connectivity index (χ1) is 13.9. The van der Waals surface area contributed by atoms with E-state index in [9.17, 15) is 17.6 Å². The number of amides is 1. The second-order valence-electron chi connectivity index (χ2n) is 6.73. The molecule has 29 heavy (non-hydrogen) atoms. The van der Waals surface area contributed by atoms with Crippen molar-refractivity contribution in [1.29, 1.82) is 0 Å². The van der Waals surface area contributed by atoms with Crippen molar-refractivity contribution < 1.29 is 17.6 Å².